The van der Waals surface area contributed by atoms with Crippen molar-refractivity contribution in [3.05, 3.63) is 90.3 Å². The number of rotatable bonds is 7. The van der Waals surface area contributed by atoms with Gasteiger partial charge < -0.3 is 19.9 Å². The number of phenolic OH excluding ortho intramolecular Hbond substituents is 1. The molecule has 1 aromatic heterocycles. The van der Waals surface area contributed by atoms with Crippen molar-refractivity contribution in [1.29, 1.82) is 0 Å². The summed E-state index contributed by atoms with van der Waals surface area (Å²) in [7, 11) is 1.43. The third-order valence-electron chi connectivity index (χ3n) is 4.49. The lowest BCUT2D eigenvalue weighted by molar-refractivity contribution is 0.0950. The molecule has 0 saturated carbocycles. The zero-order valence-corrected chi connectivity index (χ0v) is 16.7. The van der Waals surface area contributed by atoms with E-state index < -0.39 is 0 Å². The van der Waals surface area contributed by atoms with Crippen LogP contribution < -0.4 is 14.8 Å². The molecule has 0 aliphatic heterocycles. The fraction of sp³-hybridized carbons (Fsp3) is 0.0870. The second-order valence-electron chi connectivity index (χ2n) is 6.63. The predicted molar refractivity (Wildman–Crippen MR) is 114 cm³/mol. The van der Waals surface area contributed by atoms with Gasteiger partial charge in [-0.15, -0.1) is 5.10 Å². The lowest BCUT2D eigenvalue weighted by Crippen LogP contribution is -2.23. The Kier molecular flexibility index (Phi) is 5.79. The first-order chi connectivity index (χ1) is 15.1. The number of methoxy groups -OCH3 is 1. The van der Waals surface area contributed by atoms with E-state index in [1.54, 1.807) is 10.9 Å². The molecule has 0 unspecified atom stereocenters. The Morgan fingerprint density at radius 2 is 1.77 bits per heavy atom. The number of benzene rings is 3. The number of phenols is 1. The Bertz CT molecular complexity index is 1170. The standard InChI is InChI=1S/C23H20N4O4/c1-30-22-13-16(7-12-21(22)28)23(29)24-14-17-15-27(26-25-17)18-8-10-20(11-9-18)31-19-5-3-2-4-6-19/h2-13,15,28H,14H2,1H3,(H,24,29). The average molecular weight is 416 g/mol. The van der Waals surface area contributed by atoms with Crippen molar-refractivity contribution in [3.8, 4) is 28.7 Å². The van der Waals surface area contributed by atoms with Crippen LogP contribution in [0.5, 0.6) is 23.0 Å². The van der Waals surface area contributed by atoms with Crippen LogP contribution in [0.2, 0.25) is 0 Å². The van der Waals surface area contributed by atoms with Crippen LogP contribution in [0.3, 0.4) is 0 Å². The Balaban J connectivity index is 1.37. The fourth-order valence-electron chi connectivity index (χ4n) is 2.89. The zero-order valence-electron chi connectivity index (χ0n) is 16.7. The first kappa shape index (κ1) is 20.0. The van der Waals surface area contributed by atoms with Gasteiger partial charge in [0.15, 0.2) is 11.5 Å². The van der Waals surface area contributed by atoms with Crippen molar-refractivity contribution in [1.82, 2.24) is 20.3 Å². The molecule has 1 amide bonds. The fourth-order valence-corrected chi connectivity index (χ4v) is 2.89. The number of nitrogens with one attached hydrogen (secondary N) is 1. The van der Waals surface area contributed by atoms with E-state index in [2.05, 4.69) is 15.6 Å². The maximum atomic E-state index is 12.3. The van der Waals surface area contributed by atoms with Gasteiger partial charge in [-0.25, -0.2) is 4.68 Å². The molecule has 156 valence electrons. The van der Waals surface area contributed by atoms with Crippen LogP contribution in [-0.2, 0) is 6.54 Å². The van der Waals surface area contributed by atoms with Crippen molar-refractivity contribution in [3.63, 3.8) is 0 Å². The van der Waals surface area contributed by atoms with Crippen molar-refractivity contribution in [2.24, 2.45) is 0 Å². The molecule has 0 fully saturated rings. The van der Waals surface area contributed by atoms with Crippen LogP contribution in [0.15, 0.2) is 79.0 Å². The van der Waals surface area contributed by atoms with Crippen LogP contribution in [0.25, 0.3) is 5.69 Å². The van der Waals surface area contributed by atoms with Crippen LogP contribution in [0, 0.1) is 0 Å². The molecule has 8 nitrogen and oxygen atoms in total. The molecule has 0 radical (unpaired) electrons. The molecule has 4 rings (SSSR count). The second-order valence-corrected chi connectivity index (χ2v) is 6.63. The molecule has 8 heteroatoms. The number of carbonyl (C=O) groups excluding carboxylic acids is 1. The third kappa shape index (κ3) is 4.81. The van der Waals surface area contributed by atoms with Gasteiger partial charge >= 0.3 is 0 Å². The number of nitrogens with zero attached hydrogens (tertiary/aromatic N) is 3. The summed E-state index contributed by atoms with van der Waals surface area (Å²) < 4.78 is 12.4. The summed E-state index contributed by atoms with van der Waals surface area (Å²) in [4.78, 5) is 12.3. The van der Waals surface area contributed by atoms with Crippen LogP contribution in [0.4, 0.5) is 0 Å². The van der Waals surface area contributed by atoms with E-state index in [0.717, 1.165) is 11.4 Å². The quantitative estimate of drug-likeness (QED) is 0.477. The van der Waals surface area contributed by atoms with Gasteiger partial charge in [0.1, 0.15) is 17.2 Å². The van der Waals surface area contributed by atoms with Crippen molar-refractivity contribution < 1.29 is 19.4 Å². The largest absolute Gasteiger partial charge is 0.504 e. The Labute approximate surface area is 178 Å². The molecule has 4 aromatic rings. The summed E-state index contributed by atoms with van der Waals surface area (Å²) in [6.07, 6.45) is 1.74. The number of hydrogen-bond donors (Lipinski definition) is 2. The van der Waals surface area contributed by atoms with Crippen LogP contribution in [-0.4, -0.2) is 33.1 Å². The number of para-hydroxylation sites is 1. The Morgan fingerprint density at radius 3 is 2.52 bits per heavy atom. The summed E-state index contributed by atoms with van der Waals surface area (Å²) in [6.45, 7) is 0.206. The monoisotopic (exact) mass is 416 g/mol. The number of ether oxygens (including phenoxy) is 2. The lowest BCUT2D eigenvalue weighted by atomic mass is 10.2. The second kappa shape index (κ2) is 9.00. The summed E-state index contributed by atoms with van der Waals surface area (Å²) in [5.74, 6) is 1.38. The highest BCUT2D eigenvalue weighted by molar-refractivity contribution is 5.94. The molecule has 0 bridgehead atoms. The molecular formula is C23H20N4O4. The first-order valence-electron chi connectivity index (χ1n) is 9.52. The minimum atomic E-state index is -0.310. The molecule has 0 spiro atoms. The van der Waals surface area contributed by atoms with Gasteiger partial charge in [-0.1, -0.05) is 23.4 Å². The number of aromatic hydroxyl groups is 1. The van der Waals surface area contributed by atoms with E-state index >= 15 is 0 Å². The van der Waals surface area contributed by atoms with Gasteiger partial charge in [0.05, 0.1) is 25.5 Å². The van der Waals surface area contributed by atoms with E-state index in [4.69, 9.17) is 9.47 Å². The molecular weight excluding hydrogens is 396 g/mol. The smallest absolute Gasteiger partial charge is 0.251 e. The third-order valence-corrected chi connectivity index (χ3v) is 4.49. The molecule has 3 aromatic carbocycles. The minimum Gasteiger partial charge on any atom is -0.504 e. The highest BCUT2D eigenvalue weighted by Crippen LogP contribution is 2.26. The minimum absolute atomic E-state index is 0.0258. The molecule has 0 aliphatic rings. The summed E-state index contributed by atoms with van der Waals surface area (Å²) >= 11 is 0. The van der Waals surface area contributed by atoms with Gasteiger partial charge in [-0.3, -0.25) is 4.79 Å². The van der Waals surface area contributed by atoms with Gasteiger partial charge in [-0.2, -0.15) is 0 Å². The maximum Gasteiger partial charge on any atom is 0.251 e. The highest BCUT2D eigenvalue weighted by atomic mass is 16.5. The molecule has 2 N–H and O–H groups in total. The summed E-state index contributed by atoms with van der Waals surface area (Å²) in [5.41, 5.74) is 1.79. The summed E-state index contributed by atoms with van der Waals surface area (Å²) in [6, 6.07) is 21.4. The van der Waals surface area contributed by atoms with E-state index in [1.165, 1.54) is 25.3 Å². The molecule has 0 atom stereocenters. The number of carbonyl (C=O) groups is 1. The van der Waals surface area contributed by atoms with Crippen LogP contribution in [0.1, 0.15) is 16.1 Å². The molecule has 0 aliphatic carbocycles. The van der Waals surface area contributed by atoms with Gasteiger partial charge in [0, 0.05) is 5.56 Å². The van der Waals surface area contributed by atoms with Crippen molar-refractivity contribution in [2.75, 3.05) is 7.11 Å². The predicted octanol–water partition coefficient (Wildman–Crippen LogP) is 3.70. The number of aromatic nitrogens is 3. The maximum absolute atomic E-state index is 12.3. The first-order valence-corrected chi connectivity index (χ1v) is 9.52. The zero-order chi connectivity index (χ0) is 21.6. The van der Waals surface area contributed by atoms with E-state index in [-0.39, 0.29) is 24.0 Å². The van der Waals surface area contributed by atoms with Crippen molar-refractivity contribution in [2.45, 2.75) is 6.54 Å². The highest BCUT2D eigenvalue weighted by Gasteiger charge is 2.11. The molecule has 31 heavy (non-hydrogen) atoms. The normalized spacial score (nSPS) is 10.5. The lowest BCUT2D eigenvalue weighted by Gasteiger charge is -2.07. The number of hydrogen-bond acceptors (Lipinski definition) is 6. The Morgan fingerprint density at radius 1 is 1.03 bits per heavy atom. The van der Waals surface area contributed by atoms with Gasteiger partial charge in [0.25, 0.3) is 5.91 Å². The Hall–Kier alpha value is -4.33. The molecule has 1 heterocycles. The van der Waals surface area contributed by atoms with Crippen molar-refractivity contribution >= 4 is 5.91 Å². The summed E-state index contributed by atoms with van der Waals surface area (Å²) in [5, 5.41) is 20.6. The SMILES string of the molecule is COc1cc(C(=O)NCc2cn(-c3ccc(Oc4ccccc4)cc3)nn2)ccc1O. The van der Waals surface area contributed by atoms with Gasteiger partial charge in [0.2, 0.25) is 0 Å². The van der Waals surface area contributed by atoms with Gasteiger partial charge in [-0.05, 0) is 54.6 Å². The van der Waals surface area contributed by atoms with E-state index in [9.17, 15) is 9.90 Å². The molecule has 0 saturated heterocycles. The van der Waals surface area contributed by atoms with E-state index in [1.807, 2.05) is 54.6 Å². The average Bonchev–Trinajstić information content (AvgIpc) is 3.28. The number of amides is 1. The van der Waals surface area contributed by atoms with Crippen LogP contribution >= 0.6 is 0 Å². The van der Waals surface area contributed by atoms with E-state index in [0.29, 0.717) is 17.0 Å². The topological polar surface area (TPSA) is 98.5 Å².